The van der Waals surface area contributed by atoms with E-state index in [4.69, 9.17) is 5.26 Å². The highest BCUT2D eigenvalue weighted by Gasteiger charge is 2.46. The maximum Gasteiger partial charge on any atom is 0.181 e. The molecule has 2 N–H and O–H groups in total. The summed E-state index contributed by atoms with van der Waals surface area (Å²) in [7, 11) is 1.81. The number of benzene rings is 2. The van der Waals surface area contributed by atoms with Crippen LogP contribution in [-0.4, -0.2) is 7.05 Å². The molecule has 2 aromatic rings. The largest absolute Gasteiger partial charge is 0.394 e. The van der Waals surface area contributed by atoms with Crippen molar-refractivity contribution in [3.05, 3.63) is 89.6 Å². The third kappa shape index (κ3) is 6.28. The molecule has 220 valence electrons. The standard InChI is InChI=1S/C18H22N2.C17H24.C3H7N/c1-3-13-5-4-10-18(2)16(13)9-7-14-6-8-15(20-12-19)11-17(14)18;1-12-6-7-14-8-9-15-13(2)5-4-10-17(15,3)16(14)11-12;1-3-4-2/h3,6,8,11,13,16,20H,1,4-5,7,9-10H2,2H3;6-7,11,13,15H,4-5,8-10H2,1-3H3;3-4H,1H2,2H3. The zero-order chi connectivity index (χ0) is 29.6. The van der Waals surface area contributed by atoms with Crippen molar-refractivity contribution in [1.29, 1.82) is 5.26 Å². The van der Waals surface area contributed by atoms with Gasteiger partial charge in [0.2, 0.25) is 0 Å². The van der Waals surface area contributed by atoms with Crippen LogP contribution in [0, 0.1) is 42.1 Å². The Labute approximate surface area is 250 Å². The molecule has 0 spiro atoms. The number of nitriles is 1. The molecule has 0 saturated heterocycles. The van der Waals surface area contributed by atoms with Gasteiger partial charge in [-0.05, 0) is 127 Å². The van der Waals surface area contributed by atoms with Gasteiger partial charge in [0.05, 0.1) is 0 Å². The van der Waals surface area contributed by atoms with E-state index in [1.807, 2.05) is 19.3 Å². The van der Waals surface area contributed by atoms with Gasteiger partial charge in [0.1, 0.15) is 0 Å². The molecule has 6 atom stereocenters. The fraction of sp³-hybridized carbons (Fsp3) is 0.553. The predicted molar refractivity (Wildman–Crippen MR) is 175 cm³/mol. The van der Waals surface area contributed by atoms with Crippen LogP contribution in [0.1, 0.15) is 100.0 Å². The Bertz CT molecular complexity index is 1250. The maximum atomic E-state index is 8.83. The molecule has 0 amide bonds. The van der Waals surface area contributed by atoms with Crippen molar-refractivity contribution < 1.29 is 0 Å². The van der Waals surface area contributed by atoms with Crippen LogP contribution >= 0.6 is 0 Å². The summed E-state index contributed by atoms with van der Waals surface area (Å²) in [5, 5.41) is 14.3. The second-order valence-corrected chi connectivity index (χ2v) is 13.5. The van der Waals surface area contributed by atoms with Crippen LogP contribution in [0.3, 0.4) is 0 Å². The second kappa shape index (κ2) is 13.3. The summed E-state index contributed by atoms with van der Waals surface area (Å²) < 4.78 is 0. The molecular weight excluding hydrogens is 498 g/mol. The zero-order valence-electron chi connectivity index (χ0n) is 26.4. The number of nitrogens with one attached hydrogen (secondary N) is 2. The van der Waals surface area contributed by atoms with E-state index >= 15 is 0 Å². The summed E-state index contributed by atoms with van der Waals surface area (Å²) >= 11 is 0. The van der Waals surface area contributed by atoms with Crippen molar-refractivity contribution in [1.82, 2.24) is 5.32 Å². The normalized spacial score (nSPS) is 30.9. The molecule has 6 unspecified atom stereocenters. The summed E-state index contributed by atoms with van der Waals surface area (Å²) in [6.45, 7) is 17.1. The topological polar surface area (TPSA) is 47.9 Å². The van der Waals surface area contributed by atoms with E-state index in [2.05, 4.69) is 87.9 Å². The minimum atomic E-state index is 0.248. The van der Waals surface area contributed by atoms with Gasteiger partial charge in [0.25, 0.3) is 0 Å². The molecule has 0 aliphatic heterocycles. The van der Waals surface area contributed by atoms with Crippen LogP contribution in [0.2, 0.25) is 0 Å². The van der Waals surface area contributed by atoms with Gasteiger partial charge in [0, 0.05) is 12.7 Å². The second-order valence-electron chi connectivity index (χ2n) is 13.5. The van der Waals surface area contributed by atoms with E-state index in [9.17, 15) is 0 Å². The Morgan fingerprint density at radius 1 is 0.878 bits per heavy atom. The van der Waals surface area contributed by atoms with Crippen molar-refractivity contribution >= 4 is 5.69 Å². The molecule has 3 heteroatoms. The molecular formula is C38H53N3. The molecule has 4 aliphatic carbocycles. The molecule has 3 nitrogen and oxygen atoms in total. The fourth-order valence-corrected chi connectivity index (χ4v) is 8.99. The van der Waals surface area contributed by atoms with Gasteiger partial charge in [-0.25, -0.2) is 0 Å². The van der Waals surface area contributed by atoms with Crippen molar-refractivity contribution in [2.75, 3.05) is 12.4 Å². The Balaban J connectivity index is 0.000000169. The molecule has 2 aromatic carbocycles. The van der Waals surface area contributed by atoms with Gasteiger partial charge < -0.3 is 5.32 Å². The number of nitrogens with zero attached hydrogens (tertiary/aromatic N) is 1. The lowest BCUT2D eigenvalue weighted by molar-refractivity contribution is 0.118. The highest BCUT2D eigenvalue weighted by molar-refractivity contribution is 5.54. The molecule has 0 heterocycles. The van der Waals surface area contributed by atoms with Gasteiger partial charge in [0.15, 0.2) is 6.19 Å². The van der Waals surface area contributed by atoms with E-state index in [0.29, 0.717) is 17.3 Å². The van der Waals surface area contributed by atoms with Crippen LogP contribution in [0.25, 0.3) is 0 Å². The van der Waals surface area contributed by atoms with Crippen LogP contribution in [0.5, 0.6) is 0 Å². The Morgan fingerprint density at radius 3 is 2.10 bits per heavy atom. The lowest BCUT2D eigenvalue weighted by Gasteiger charge is -2.49. The number of fused-ring (bicyclic) bond motifs is 6. The first kappa shape index (κ1) is 31.0. The van der Waals surface area contributed by atoms with Crippen LogP contribution in [0.15, 0.2) is 61.8 Å². The molecule has 0 radical (unpaired) electrons. The van der Waals surface area contributed by atoms with Gasteiger partial charge in [-0.15, -0.1) is 6.58 Å². The Hall–Kier alpha value is -2.99. The Kier molecular flexibility index (Phi) is 10.1. The molecule has 2 fully saturated rings. The smallest absolute Gasteiger partial charge is 0.181 e. The van der Waals surface area contributed by atoms with E-state index in [0.717, 1.165) is 23.9 Å². The highest BCUT2D eigenvalue weighted by Crippen LogP contribution is 2.53. The average molecular weight is 552 g/mol. The predicted octanol–water partition coefficient (Wildman–Crippen LogP) is 9.37. The molecule has 41 heavy (non-hydrogen) atoms. The lowest BCUT2D eigenvalue weighted by Crippen LogP contribution is -2.43. The minimum Gasteiger partial charge on any atom is -0.394 e. The van der Waals surface area contributed by atoms with Gasteiger partial charge >= 0.3 is 0 Å². The first-order valence-electron chi connectivity index (χ1n) is 16.0. The van der Waals surface area contributed by atoms with Gasteiger partial charge in [-0.2, -0.15) is 5.26 Å². The summed E-state index contributed by atoms with van der Waals surface area (Å²) in [5.74, 6) is 3.20. The summed E-state index contributed by atoms with van der Waals surface area (Å²) in [4.78, 5) is 0. The molecule has 6 rings (SSSR count). The van der Waals surface area contributed by atoms with E-state index in [-0.39, 0.29) is 5.41 Å². The summed E-state index contributed by atoms with van der Waals surface area (Å²) in [6.07, 6.45) is 19.1. The molecule has 2 saturated carbocycles. The van der Waals surface area contributed by atoms with Crippen molar-refractivity contribution in [3.63, 3.8) is 0 Å². The van der Waals surface area contributed by atoms with E-state index in [1.165, 1.54) is 74.5 Å². The maximum absolute atomic E-state index is 8.83. The monoisotopic (exact) mass is 551 g/mol. The first-order valence-corrected chi connectivity index (χ1v) is 16.0. The number of aryl methyl sites for hydroxylation is 3. The Morgan fingerprint density at radius 2 is 1.46 bits per heavy atom. The third-order valence-electron chi connectivity index (χ3n) is 11.2. The number of hydrogen-bond donors (Lipinski definition) is 2. The fourth-order valence-electron chi connectivity index (χ4n) is 8.99. The minimum absolute atomic E-state index is 0.248. The molecule has 4 aliphatic rings. The molecule has 0 aromatic heterocycles. The van der Waals surface area contributed by atoms with E-state index in [1.54, 1.807) is 17.3 Å². The number of hydrogen-bond acceptors (Lipinski definition) is 3. The third-order valence-corrected chi connectivity index (χ3v) is 11.2. The van der Waals surface area contributed by atoms with E-state index < -0.39 is 0 Å². The molecule has 0 bridgehead atoms. The summed E-state index contributed by atoms with van der Waals surface area (Å²) in [6, 6.07) is 13.6. The summed E-state index contributed by atoms with van der Waals surface area (Å²) in [5.41, 5.74) is 9.31. The highest BCUT2D eigenvalue weighted by atomic mass is 14.9. The number of anilines is 1. The van der Waals surface area contributed by atoms with Gasteiger partial charge in [-0.1, -0.05) is 82.5 Å². The van der Waals surface area contributed by atoms with Crippen LogP contribution < -0.4 is 10.6 Å². The van der Waals surface area contributed by atoms with Crippen LogP contribution in [0.4, 0.5) is 5.69 Å². The van der Waals surface area contributed by atoms with Crippen molar-refractivity contribution in [3.8, 4) is 6.19 Å². The lowest BCUT2D eigenvalue weighted by atomic mass is 9.55. The van der Waals surface area contributed by atoms with Gasteiger partial charge in [-0.3, -0.25) is 5.32 Å². The quantitative estimate of drug-likeness (QED) is 0.227. The average Bonchev–Trinajstić information content (AvgIpc) is 2.97. The van der Waals surface area contributed by atoms with Crippen LogP contribution in [-0.2, 0) is 23.7 Å². The number of rotatable bonds is 3. The SMILES string of the molecule is C=CC1CCCC2(C)c3cc(NC#N)ccc3CCC12.C=CNC.Cc1ccc2c(c1)C1(C)CCCC(C)C1CC2. The number of allylic oxidation sites excluding steroid dienone is 1. The first-order chi connectivity index (χ1) is 19.7. The van der Waals surface area contributed by atoms with Crippen molar-refractivity contribution in [2.45, 2.75) is 103 Å². The van der Waals surface area contributed by atoms with Crippen molar-refractivity contribution in [2.24, 2.45) is 23.7 Å². The zero-order valence-corrected chi connectivity index (χ0v) is 26.4.